The smallest absolute Gasteiger partial charge is 0.116 e. The van der Waals surface area contributed by atoms with Gasteiger partial charge < -0.3 is 15.0 Å². The minimum atomic E-state index is 0.379. The quantitative estimate of drug-likeness (QED) is 0.759. The summed E-state index contributed by atoms with van der Waals surface area (Å²) >= 11 is 0. The van der Waals surface area contributed by atoms with E-state index >= 15 is 0 Å². The fourth-order valence-corrected chi connectivity index (χ4v) is 4.31. The van der Waals surface area contributed by atoms with Gasteiger partial charge in [0.25, 0.3) is 0 Å². The van der Waals surface area contributed by atoms with Crippen LogP contribution in [0.3, 0.4) is 0 Å². The first-order valence-corrected chi connectivity index (χ1v) is 7.23. The summed E-state index contributed by atoms with van der Waals surface area (Å²) in [7, 11) is 2.19. The lowest BCUT2D eigenvalue weighted by molar-refractivity contribution is 0.295. The highest BCUT2D eigenvalue weighted by atomic mass is 16.3. The van der Waals surface area contributed by atoms with Crippen molar-refractivity contribution in [3.8, 4) is 5.75 Å². The van der Waals surface area contributed by atoms with Crippen LogP contribution in [0, 0.1) is 0 Å². The van der Waals surface area contributed by atoms with Crippen molar-refractivity contribution in [3.63, 3.8) is 0 Å². The number of aromatic nitrogens is 1. The van der Waals surface area contributed by atoms with Gasteiger partial charge in [0.1, 0.15) is 5.75 Å². The zero-order valence-electron chi connectivity index (χ0n) is 11.4. The Morgan fingerprint density at radius 2 is 2.00 bits per heavy atom. The summed E-state index contributed by atoms with van der Waals surface area (Å²) in [6.45, 7) is 2.26. The van der Waals surface area contributed by atoms with Crippen LogP contribution >= 0.6 is 0 Å². The molecule has 0 radical (unpaired) electrons. The highest BCUT2D eigenvalue weighted by molar-refractivity contribution is 5.88. The number of benzene rings is 1. The molecule has 3 heteroatoms. The van der Waals surface area contributed by atoms with Crippen LogP contribution in [0.2, 0.25) is 0 Å². The van der Waals surface area contributed by atoms with Crippen molar-refractivity contribution in [2.45, 2.75) is 31.1 Å². The number of phenolic OH excluding ortho intramolecular Hbond substituents is 1. The summed E-state index contributed by atoms with van der Waals surface area (Å²) in [5, 5.41) is 14.5. The van der Waals surface area contributed by atoms with Gasteiger partial charge in [-0.05, 0) is 62.5 Å². The third-order valence-electron chi connectivity index (χ3n) is 5.20. The van der Waals surface area contributed by atoms with E-state index in [-0.39, 0.29) is 0 Å². The number of fused-ring (bicyclic) bond motifs is 4. The molecule has 100 valence electrons. The lowest BCUT2D eigenvalue weighted by Gasteiger charge is -2.35. The van der Waals surface area contributed by atoms with Crippen LogP contribution in [0.25, 0.3) is 10.9 Å². The molecule has 0 unspecified atom stereocenters. The molecule has 2 aliphatic rings. The molecule has 4 rings (SSSR count). The Morgan fingerprint density at radius 3 is 2.79 bits per heavy atom. The van der Waals surface area contributed by atoms with Crippen LogP contribution < -0.4 is 5.32 Å². The van der Waals surface area contributed by atoms with Crippen molar-refractivity contribution >= 4 is 10.9 Å². The average Bonchev–Trinajstić information content (AvgIpc) is 2.90. The van der Waals surface area contributed by atoms with Gasteiger partial charge >= 0.3 is 0 Å². The largest absolute Gasteiger partial charge is 0.508 e. The van der Waals surface area contributed by atoms with E-state index in [4.69, 9.17) is 0 Å². The van der Waals surface area contributed by atoms with Crippen molar-refractivity contribution in [3.05, 3.63) is 29.5 Å². The second-order valence-electron chi connectivity index (χ2n) is 6.12. The van der Waals surface area contributed by atoms with E-state index in [0.717, 1.165) is 19.5 Å². The third-order valence-corrected chi connectivity index (χ3v) is 5.20. The molecule has 1 saturated heterocycles. The standard InChI is InChI=1S/C16H20N2O/c1-18-14-3-2-11(19)10-13(14)12-4-5-16(15(12)18)6-8-17-9-7-16/h2-3,10,17,19H,4-9H2,1H3. The van der Waals surface area contributed by atoms with Crippen LogP contribution in [0.5, 0.6) is 5.75 Å². The Hall–Kier alpha value is -1.48. The first-order chi connectivity index (χ1) is 9.21. The van der Waals surface area contributed by atoms with E-state index in [1.165, 1.54) is 41.4 Å². The van der Waals surface area contributed by atoms with Crippen LogP contribution in [-0.2, 0) is 18.9 Å². The number of hydrogen-bond acceptors (Lipinski definition) is 2. The Bertz CT molecular complexity index is 650. The molecule has 2 N–H and O–H groups in total. The molecule has 0 atom stereocenters. The first kappa shape index (κ1) is 11.4. The number of rotatable bonds is 0. The fraction of sp³-hybridized carbons (Fsp3) is 0.500. The fourth-order valence-electron chi connectivity index (χ4n) is 4.31. The Balaban J connectivity index is 1.98. The predicted octanol–water partition coefficient (Wildman–Crippen LogP) is 2.45. The summed E-state index contributed by atoms with van der Waals surface area (Å²) in [5.74, 6) is 0.382. The van der Waals surface area contributed by atoms with Crippen LogP contribution in [-0.4, -0.2) is 22.8 Å². The van der Waals surface area contributed by atoms with E-state index in [2.05, 4.69) is 23.0 Å². The van der Waals surface area contributed by atoms with Gasteiger partial charge in [0, 0.05) is 29.1 Å². The topological polar surface area (TPSA) is 37.2 Å². The minimum absolute atomic E-state index is 0.379. The molecule has 1 aliphatic heterocycles. The number of nitrogens with one attached hydrogen (secondary N) is 1. The predicted molar refractivity (Wildman–Crippen MR) is 76.7 cm³/mol. The maximum atomic E-state index is 9.75. The van der Waals surface area contributed by atoms with Gasteiger partial charge in [-0.3, -0.25) is 0 Å². The van der Waals surface area contributed by atoms with E-state index < -0.39 is 0 Å². The minimum Gasteiger partial charge on any atom is -0.508 e. The lowest BCUT2D eigenvalue weighted by atomic mass is 9.76. The van der Waals surface area contributed by atoms with Crippen molar-refractivity contribution in [2.75, 3.05) is 13.1 Å². The van der Waals surface area contributed by atoms with Gasteiger partial charge in [0.2, 0.25) is 0 Å². The number of aryl methyl sites for hydroxylation is 2. The summed E-state index contributed by atoms with van der Waals surface area (Å²) in [6.07, 6.45) is 4.93. The van der Waals surface area contributed by atoms with Gasteiger partial charge in [-0.15, -0.1) is 0 Å². The molecule has 2 heterocycles. The molecule has 0 bridgehead atoms. The molecule has 1 spiro atoms. The van der Waals surface area contributed by atoms with Gasteiger partial charge in [0.15, 0.2) is 0 Å². The molecule has 0 amide bonds. The van der Waals surface area contributed by atoms with E-state index in [1.807, 2.05) is 6.07 Å². The maximum Gasteiger partial charge on any atom is 0.116 e. The monoisotopic (exact) mass is 256 g/mol. The molecule has 1 aromatic heterocycles. The molecule has 0 saturated carbocycles. The number of phenols is 1. The molecule has 1 aromatic carbocycles. The summed E-state index contributed by atoms with van der Waals surface area (Å²) in [4.78, 5) is 0. The van der Waals surface area contributed by atoms with E-state index in [1.54, 1.807) is 6.07 Å². The molecule has 3 nitrogen and oxygen atoms in total. The van der Waals surface area contributed by atoms with Crippen molar-refractivity contribution in [1.82, 2.24) is 9.88 Å². The lowest BCUT2D eigenvalue weighted by Crippen LogP contribution is -2.39. The van der Waals surface area contributed by atoms with Crippen LogP contribution in [0.15, 0.2) is 18.2 Å². The molecular weight excluding hydrogens is 236 g/mol. The van der Waals surface area contributed by atoms with Crippen molar-refractivity contribution in [1.29, 1.82) is 0 Å². The summed E-state index contributed by atoms with van der Waals surface area (Å²) < 4.78 is 2.38. The molecule has 1 fully saturated rings. The Kier molecular flexibility index (Phi) is 2.25. The molecular formula is C16H20N2O. The molecule has 19 heavy (non-hydrogen) atoms. The van der Waals surface area contributed by atoms with E-state index in [0.29, 0.717) is 11.2 Å². The SMILES string of the molecule is Cn1c2c(c3cc(O)ccc31)CCC21CCNCC1. The van der Waals surface area contributed by atoms with Gasteiger partial charge in [-0.2, -0.15) is 0 Å². The van der Waals surface area contributed by atoms with Crippen molar-refractivity contribution in [2.24, 2.45) is 7.05 Å². The number of nitrogens with zero attached hydrogens (tertiary/aromatic N) is 1. The highest BCUT2D eigenvalue weighted by Crippen LogP contribution is 2.48. The second-order valence-corrected chi connectivity index (χ2v) is 6.12. The Morgan fingerprint density at radius 1 is 1.21 bits per heavy atom. The molecule has 1 aliphatic carbocycles. The second kappa shape index (κ2) is 3.76. The highest BCUT2D eigenvalue weighted by Gasteiger charge is 2.42. The normalized spacial score (nSPS) is 21.1. The van der Waals surface area contributed by atoms with Gasteiger partial charge in [-0.25, -0.2) is 0 Å². The van der Waals surface area contributed by atoms with Crippen LogP contribution in [0.1, 0.15) is 30.5 Å². The zero-order valence-corrected chi connectivity index (χ0v) is 11.4. The Labute approximate surface area is 113 Å². The molecule has 2 aromatic rings. The average molecular weight is 256 g/mol. The number of hydrogen-bond donors (Lipinski definition) is 2. The van der Waals surface area contributed by atoms with Gasteiger partial charge in [-0.1, -0.05) is 0 Å². The van der Waals surface area contributed by atoms with Gasteiger partial charge in [0.05, 0.1) is 0 Å². The summed E-state index contributed by atoms with van der Waals surface area (Å²) in [6, 6.07) is 5.79. The van der Waals surface area contributed by atoms with E-state index in [9.17, 15) is 5.11 Å². The maximum absolute atomic E-state index is 9.75. The number of aromatic hydroxyl groups is 1. The summed E-state index contributed by atoms with van der Waals surface area (Å²) in [5.41, 5.74) is 4.66. The first-order valence-electron chi connectivity index (χ1n) is 7.23. The van der Waals surface area contributed by atoms with Crippen molar-refractivity contribution < 1.29 is 5.11 Å². The number of piperidine rings is 1. The van der Waals surface area contributed by atoms with Crippen LogP contribution in [0.4, 0.5) is 0 Å². The third kappa shape index (κ3) is 1.42. The zero-order chi connectivity index (χ0) is 13.0.